The second kappa shape index (κ2) is 12.7. The molecule has 1 saturated carbocycles. The zero-order valence-electron chi connectivity index (χ0n) is 17.0. The first-order valence-electron chi connectivity index (χ1n) is 10.5. The molecule has 1 aliphatic carbocycles. The summed E-state index contributed by atoms with van der Waals surface area (Å²) in [7, 11) is 0. The molecule has 0 radical (unpaired) electrons. The Bertz CT molecular complexity index is 511. The van der Waals surface area contributed by atoms with Crippen LogP contribution in [0.25, 0.3) is 0 Å². The third-order valence-electron chi connectivity index (χ3n) is 5.39. The van der Waals surface area contributed by atoms with Crippen molar-refractivity contribution in [2.75, 3.05) is 0 Å². The summed E-state index contributed by atoms with van der Waals surface area (Å²) in [6, 6.07) is 0. The molecule has 0 aromatic heterocycles. The fourth-order valence-electron chi connectivity index (χ4n) is 3.84. The molecule has 0 spiro atoms. The molecule has 5 heteroatoms. The van der Waals surface area contributed by atoms with E-state index in [2.05, 4.69) is 6.92 Å². The highest BCUT2D eigenvalue weighted by molar-refractivity contribution is 5.88. The van der Waals surface area contributed by atoms with Gasteiger partial charge in [-0.2, -0.15) is 0 Å². The number of ketones is 1. The zero-order valence-corrected chi connectivity index (χ0v) is 17.0. The van der Waals surface area contributed by atoms with Crippen molar-refractivity contribution >= 4 is 17.7 Å². The molecule has 1 fully saturated rings. The lowest BCUT2D eigenvalue weighted by atomic mass is 9.79. The summed E-state index contributed by atoms with van der Waals surface area (Å²) in [6.45, 7) is 3.56. The number of carboxylic acid groups (broad SMARTS) is 1. The summed E-state index contributed by atoms with van der Waals surface area (Å²) < 4.78 is 5.42. The lowest BCUT2D eigenvalue weighted by Crippen LogP contribution is -2.24. The number of hydrogen-bond donors (Lipinski definition) is 1. The Balaban J connectivity index is 2.62. The second-order valence-electron chi connectivity index (χ2n) is 7.74. The fraction of sp³-hybridized carbons (Fsp3) is 0.773. The lowest BCUT2D eigenvalue weighted by molar-refractivity contribution is -0.144. The van der Waals surface area contributed by atoms with Crippen LogP contribution in [0.4, 0.5) is 0 Å². The number of allylic oxidation sites excluding steroid dienone is 1. The number of hydrogen-bond acceptors (Lipinski definition) is 4. The number of ether oxygens (including phenoxy) is 1. The predicted octanol–water partition coefficient (Wildman–Crippen LogP) is 5.22. The summed E-state index contributed by atoms with van der Waals surface area (Å²) in [5.74, 6) is -0.745. The first-order chi connectivity index (χ1) is 12.9. The number of esters is 1. The van der Waals surface area contributed by atoms with Gasteiger partial charge in [-0.3, -0.25) is 14.4 Å². The number of carbonyl (C=O) groups excluding carboxylic acids is 2. The molecule has 1 aliphatic rings. The van der Waals surface area contributed by atoms with Crippen LogP contribution in [-0.4, -0.2) is 28.9 Å². The van der Waals surface area contributed by atoms with Gasteiger partial charge in [-0.05, 0) is 44.6 Å². The Kier molecular flexibility index (Phi) is 11.0. The molecule has 0 aromatic carbocycles. The maximum absolute atomic E-state index is 12.6. The summed E-state index contributed by atoms with van der Waals surface area (Å²) in [5, 5.41) is 8.69. The first-order valence-corrected chi connectivity index (χ1v) is 10.5. The van der Waals surface area contributed by atoms with E-state index in [4.69, 9.17) is 9.84 Å². The van der Waals surface area contributed by atoms with Gasteiger partial charge < -0.3 is 9.84 Å². The van der Waals surface area contributed by atoms with Crippen molar-refractivity contribution in [3.05, 3.63) is 12.2 Å². The summed E-state index contributed by atoms with van der Waals surface area (Å²) >= 11 is 0. The Morgan fingerprint density at radius 2 is 1.93 bits per heavy atom. The Hall–Kier alpha value is -1.65. The van der Waals surface area contributed by atoms with Gasteiger partial charge in [0.2, 0.25) is 0 Å². The van der Waals surface area contributed by atoms with Crippen LogP contribution in [0.2, 0.25) is 0 Å². The SMILES string of the molecule is CCCCCC(C=CC1(CCCCCCC(=O)O)CCCC1=O)OC(C)=O. The Morgan fingerprint density at radius 1 is 1.19 bits per heavy atom. The van der Waals surface area contributed by atoms with Gasteiger partial charge in [0.25, 0.3) is 0 Å². The molecule has 0 amide bonds. The highest BCUT2D eigenvalue weighted by atomic mass is 16.5. The fourth-order valence-corrected chi connectivity index (χ4v) is 3.84. The van der Waals surface area contributed by atoms with Crippen molar-refractivity contribution in [2.45, 2.75) is 103 Å². The molecular formula is C22H36O5. The largest absolute Gasteiger partial charge is 0.481 e. The van der Waals surface area contributed by atoms with Crippen LogP contribution in [0.15, 0.2) is 12.2 Å². The minimum atomic E-state index is -0.750. The predicted molar refractivity (Wildman–Crippen MR) is 105 cm³/mol. The van der Waals surface area contributed by atoms with Crippen molar-refractivity contribution in [3.8, 4) is 0 Å². The minimum Gasteiger partial charge on any atom is -0.481 e. The van der Waals surface area contributed by atoms with E-state index in [-0.39, 0.29) is 18.5 Å². The van der Waals surface area contributed by atoms with E-state index in [9.17, 15) is 14.4 Å². The normalized spacial score (nSPS) is 20.9. The van der Waals surface area contributed by atoms with Crippen LogP contribution < -0.4 is 0 Å². The Morgan fingerprint density at radius 3 is 2.52 bits per heavy atom. The number of Topliss-reactive ketones (excluding diaryl/α,β-unsaturated/α-hetero) is 1. The van der Waals surface area contributed by atoms with Crippen molar-refractivity contribution in [2.24, 2.45) is 5.41 Å². The molecule has 0 bridgehead atoms. The smallest absolute Gasteiger partial charge is 0.303 e. The molecule has 27 heavy (non-hydrogen) atoms. The van der Waals surface area contributed by atoms with Gasteiger partial charge in [-0.25, -0.2) is 0 Å². The van der Waals surface area contributed by atoms with Crippen LogP contribution >= 0.6 is 0 Å². The van der Waals surface area contributed by atoms with Gasteiger partial charge in [0.1, 0.15) is 11.9 Å². The van der Waals surface area contributed by atoms with Crippen molar-refractivity contribution in [1.29, 1.82) is 0 Å². The molecule has 2 unspecified atom stereocenters. The quantitative estimate of drug-likeness (QED) is 0.254. The molecular weight excluding hydrogens is 344 g/mol. The van der Waals surface area contributed by atoms with Crippen LogP contribution in [0.1, 0.15) is 97.3 Å². The van der Waals surface area contributed by atoms with Crippen LogP contribution in [0.3, 0.4) is 0 Å². The average molecular weight is 381 g/mol. The standard InChI is InChI=1S/C22H36O5/c1-3-4-7-11-19(27-18(2)23)14-17-22(16-10-12-20(22)24)15-9-6-5-8-13-21(25)26/h14,17,19H,3-13,15-16H2,1-2H3,(H,25,26). The minimum absolute atomic E-state index is 0.214. The first kappa shape index (κ1) is 23.4. The number of aliphatic carboxylic acids is 1. The van der Waals surface area contributed by atoms with E-state index in [1.165, 1.54) is 6.92 Å². The number of carboxylic acids is 1. The van der Waals surface area contributed by atoms with Crippen molar-refractivity contribution in [1.82, 2.24) is 0 Å². The summed E-state index contributed by atoms with van der Waals surface area (Å²) in [6.07, 6.45) is 14.6. The van der Waals surface area contributed by atoms with Gasteiger partial charge in [-0.15, -0.1) is 0 Å². The Labute approximate surface area is 163 Å². The number of rotatable bonds is 14. The summed E-state index contributed by atoms with van der Waals surface area (Å²) in [5.41, 5.74) is -0.421. The van der Waals surface area contributed by atoms with Gasteiger partial charge in [0.15, 0.2) is 0 Å². The highest BCUT2D eigenvalue weighted by Gasteiger charge is 2.39. The van der Waals surface area contributed by atoms with E-state index in [0.29, 0.717) is 18.6 Å². The third kappa shape index (κ3) is 9.21. The van der Waals surface area contributed by atoms with E-state index in [1.54, 1.807) is 0 Å². The van der Waals surface area contributed by atoms with E-state index in [0.717, 1.165) is 64.2 Å². The maximum atomic E-state index is 12.6. The monoisotopic (exact) mass is 380 g/mol. The number of carbonyl (C=O) groups is 3. The lowest BCUT2D eigenvalue weighted by Gasteiger charge is -2.24. The molecule has 154 valence electrons. The van der Waals surface area contributed by atoms with Crippen LogP contribution in [0.5, 0.6) is 0 Å². The zero-order chi connectivity index (χ0) is 20.1. The van der Waals surface area contributed by atoms with Crippen molar-refractivity contribution < 1.29 is 24.2 Å². The molecule has 0 heterocycles. The number of unbranched alkanes of at least 4 members (excludes halogenated alkanes) is 5. The molecule has 0 saturated heterocycles. The van der Waals surface area contributed by atoms with Crippen molar-refractivity contribution in [3.63, 3.8) is 0 Å². The summed E-state index contributed by atoms with van der Waals surface area (Å²) in [4.78, 5) is 34.5. The molecule has 1 N–H and O–H groups in total. The van der Waals surface area contributed by atoms with Gasteiger partial charge >= 0.3 is 11.9 Å². The molecule has 0 aliphatic heterocycles. The third-order valence-corrected chi connectivity index (χ3v) is 5.39. The highest BCUT2D eigenvalue weighted by Crippen LogP contribution is 2.41. The van der Waals surface area contributed by atoms with Gasteiger partial charge in [-0.1, -0.05) is 45.1 Å². The van der Waals surface area contributed by atoms with Gasteiger partial charge in [0, 0.05) is 25.2 Å². The average Bonchev–Trinajstić information content (AvgIpc) is 2.96. The molecule has 5 nitrogen and oxygen atoms in total. The second-order valence-corrected chi connectivity index (χ2v) is 7.74. The van der Waals surface area contributed by atoms with Gasteiger partial charge in [0.05, 0.1) is 0 Å². The van der Waals surface area contributed by atoms with Crippen LogP contribution in [0, 0.1) is 5.41 Å². The molecule has 2 atom stereocenters. The molecule has 1 rings (SSSR count). The van der Waals surface area contributed by atoms with E-state index < -0.39 is 11.4 Å². The topological polar surface area (TPSA) is 80.7 Å². The van der Waals surface area contributed by atoms with E-state index >= 15 is 0 Å². The van der Waals surface area contributed by atoms with Crippen LogP contribution in [-0.2, 0) is 19.1 Å². The molecule has 0 aromatic rings. The van der Waals surface area contributed by atoms with E-state index in [1.807, 2.05) is 12.2 Å². The maximum Gasteiger partial charge on any atom is 0.303 e.